The highest BCUT2D eigenvalue weighted by Crippen LogP contribution is 2.46. The van der Waals surface area contributed by atoms with Crippen molar-refractivity contribution in [3.05, 3.63) is 83.2 Å². The molecular formula is C36H43N7O3. The maximum absolute atomic E-state index is 14.7. The highest BCUT2D eigenvalue weighted by molar-refractivity contribution is 6.11. The van der Waals surface area contributed by atoms with E-state index >= 15 is 0 Å². The SMILES string of the molecule is COc1ccc(N2C(=O)N(c3c(C)cccc3C)C(C(C)C)c3cnc(Nc4ccc(C5CCN(C)CC5)cc4OC)nc32)nc1. The van der Waals surface area contributed by atoms with Crippen LogP contribution < -0.4 is 24.6 Å². The van der Waals surface area contributed by atoms with E-state index in [9.17, 15) is 4.79 Å². The van der Waals surface area contributed by atoms with Gasteiger partial charge in [-0.1, -0.05) is 38.1 Å². The minimum Gasteiger partial charge on any atom is -0.495 e. The Morgan fingerprint density at radius 1 is 0.935 bits per heavy atom. The van der Waals surface area contributed by atoms with Gasteiger partial charge in [0.1, 0.15) is 17.3 Å². The number of ether oxygens (including phenoxy) is 2. The zero-order chi connectivity index (χ0) is 32.5. The number of nitrogens with zero attached hydrogens (tertiary/aromatic N) is 6. The molecule has 10 nitrogen and oxygen atoms in total. The molecule has 0 saturated carbocycles. The van der Waals surface area contributed by atoms with Crippen LogP contribution in [0.25, 0.3) is 0 Å². The summed E-state index contributed by atoms with van der Waals surface area (Å²) in [6, 6.07) is 15.4. The number of rotatable bonds is 8. The minimum atomic E-state index is -0.297. The zero-order valence-electron chi connectivity index (χ0n) is 27.7. The Morgan fingerprint density at radius 2 is 1.67 bits per heavy atom. The first-order chi connectivity index (χ1) is 22.2. The minimum absolute atomic E-state index is 0.0716. The number of hydrogen-bond donors (Lipinski definition) is 1. The lowest BCUT2D eigenvalue weighted by Crippen LogP contribution is -2.50. The lowest BCUT2D eigenvalue weighted by atomic mass is 9.89. The summed E-state index contributed by atoms with van der Waals surface area (Å²) in [7, 11) is 5.44. The Kier molecular flexibility index (Phi) is 8.82. The number of piperidine rings is 1. The van der Waals surface area contributed by atoms with Crippen molar-refractivity contribution >= 4 is 35.0 Å². The summed E-state index contributed by atoms with van der Waals surface area (Å²) >= 11 is 0. The van der Waals surface area contributed by atoms with Crippen molar-refractivity contribution in [2.75, 3.05) is 49.5 Å². The number of nitrogens with one attached hydrogen (secondary N) is 1. The third-order valence-corrected chi connectivity index (χ3v) is 9.16. The first-order valence-corrected chi connectivity index (χ1v) is 15.9. The molecule has 2 amide bonds. The maximum atomic E-state index is 14.7. The lowest BCUT2D eigenvalue weighted by Gasteiger charge is -2.44. The van der Waals surface area contributed by atoms with E-state index in [4.69, 9.17) is 19.4 Å². The summed E-state index contributed by atoms with van der Waals surface area (Å²) in [5.74, 6) is 3.19. The average molecular weight is 622 g/mol. The molecule has 1 atom stereocenters. The zero-order valence-corrected chi connectivity index (χ0v) is 27.7. The van der Waals surface area contributed by atoms with E-state index in [2.05, 4.69) is 48.2 Å². The Labute approximate surface area is 271 Å². The second-order valence-electron chi connectivity index (χ2n) is 12.6. The summed E-state index contributed by atoms with van der Waals surface area (Å²) in [5.41, 5.74) is 5.78. The molecule has 10 heteroatoms. The summed E-state index contributed by atoms with van der Waals surface area (Å²) in [6.07, 6.45) is 5.69. The van der Waals surface area contributed by atoms with Gasteiger partial charge in [0.25, 0.3) is 0 Å². The van der Waals surface area contributed by atoms with Gasteiger partial charge in [0, 0.05) is 11.8 Å². The number of carbonyl (C=O) groups is 1. The van der Waals surface area contributed by atoms with Crippen molar-refractivity contribution in [1.82, 2.24) is 19.9 Å². The summed E-state index contributed by atoms with van der Waals surface area (Å²) in [4.78, 5) is 34.9. The molecule has 1 fully saturated rings. The number of carbonyl (C=O) groups excluding carboxylic acids is 1. The fourth-order valence-electron chi connectivity index (χ4n) is 6.72. The third-order valence-electron chi connectivity index (χ3n) is 9.16. The monoisotopic (exact) mass is 621 g/mol. The normalized spacial score (nSPS) is 17.3. The van der Waals surface area contributed by atoms with Crippen LogP contribution in [-0.4, -0.2) is 60.2 Å². The van der Waals surface area contributed by atoms with E-state index in [1.54, 1.807) is 37.4 Å². The molecule has 46 heavy (non-hydrogen) atoms. The van der Waals surface area contributed by atoms with Crippen LogP contribution in [0.4, 0.5) is 33.8 Å². The molecule has 2 aromatic carbocycles. The van der Waals surface area contributed by atoms with Crippen LogP contribution in [-0.2, 0) is 0 Å². The van der Waals surface area contributed by atoms with E-state index in [-0.39, 0.29) is 18.0 Å². The first-order valence-electron chi connectivity index (χ1n) is 15.9. The Balaban J connectivity index is 1.43. The van der Waals surface area contributed by atoms with Gasteiger partial charge in [-0.25, -0.2) is 19.7 Å². The van der Waals surface area contributed by atoms with Gasteiger partial charge in [0.2, 0.25) is 5.95 Å². The second-order valence-corrected chi connectivity index (χ2v) is 12.6. The van der Waals surface area contributed by atoms with Crippen molar-refractivity contribution < 1.29 is 14.3 Å². The van der Waals surface area contributed by atoms with Gasteiger partial charge in [0.05, 0.1) is 37.8 Å². The van der Waals surface area contributed by atoms with Gasteiger partial charge < -0.3 is 19.7 Å². The molecule has 2 aliphatic heterocycles. The predicted molar refractivity (Wildman–Crippen MR) is 182 cm³/mol. The lowest BCUT2D eigenvalue weighted by molar-refractivity contribution is 0.246. The number of aromatic nitrogens is 3. The van der Waals surface area contributed by atoms with E-state index in [1.807, 2.05) is 49.2 Å². The van der Waals surface area contributed by atoms with Crippen molar-refractivity contribution in [3.8, 4) is 11.5 Å². The number of aryl methyl sites for hydroxylation is 2. The van der Waals surface area contributed by atoms with Crippen LogP contribution in [0.5, 0.6) is 11.5 Å². The largest absolute Gasteiger partial charge is 0.495 e. The molecule has 2 aromatic heterocycles. The van der Waals surface area contributed by atoms with Crippen molar-refractivity contribution in [1.29, 1.82) is 0 Å². The van der Waals surface area contributed by atoms with Gasteiger partial charge in [0.15, 0.2) is 5.82 Å². The molecule has 6 rings (SSSR count). The summed E-state index contributed by atoms with van der Waals surface area (Å²) in [6.45, 7) is 10.5. The third kappa shape index (κ3) is 5.85. The molecule has 1 N–H and O–H groups in total. The smallest absolute Gasteiger partial charge is 0.336 e. The van der Waals surface area contributed by atoms with Crippen molar-refractivity contribution in [3.63, 3.8) is 0 Å². The highest BCUT2D eigenvalue weighted by atomic mass is 16.5. The number of anilines is 5. The number of urea groups is 1. The van der Waals surface area contributed by atoms with Gasteiger partial charge in [-0.3, -0.25) is 4.90 Å². The first kappa shape index (κ1) is 31.3. The van der Waals surface area contributed by atoms with Crippen LogP contribution in [0.15, 0.2) is 60.9 Å². The molecule has 0 aliphatic carbocycles. The molecule has 240 valence electrons. The Morgan fingerprint density at radius 3 is 2.30 bits per heavy atom. The van der Waals surface area contributed by atoms with Gasteiger partial charge in [-0.15, -0.1) is 0 Å². The number of benzene rings is 2. The molecule has 0 spiro atoms. The summed E-state index contributed by atoms with van der Waals surface area (Å²) < 4.78 is 11.2. The average Bonchev–Trinajstić information content (AvgIpc) is 3.05. The Hall–Kier alpha value is -4.70. The predicted octanol–water partition coefficient (Wildman–Crippen LogP) is 7.53. The number of para-hydroxylation sites is 1. The highest BCUT2D eigenvalue weighted by Gasteiger charge is 2.43. The second kappa shape index (κ2) is 13.0. The fourth-order valence-corrected chi connectivity index (χ4v) is 6.72. The molecule has 0 radical (unpaired) electrons. The topological polar surface area (TPSA) is 96.0 Å². The fraction of sp³-hybridized carbons (Fsp3) is 0.389. The van der Waals surface area contributed by atoms with Crippen molar-refractivity contribution in [2.45, 2.75) is 52.5 Å². The number of methoxy groups -OCH3 is 2. The van der Waals surface area contributed by atoms with Crippen LogP contribution in [0.2, 0.25) is 0 Å². The van der Waals surface area contributed by atoms with Crippen molar-refractivity contribution in [2.24, 2.45) is 5.92 Å². The number of likely N-dealkylation sites (tertiary alicyclic amines) is 1. The van der Waals surface area contributed by atoms with E-state index < -0.39 is 0 Å². The Bertz CT molecular complexity index is 1700. The van der Waals surface area contributed by atoms with E-state index in [0.717, 1.165) is 59.7 Å². The molecule has 1 unspecified atom stereocenters. The van der Waals surface area contributed by atoms with Crippen LogP contribution in [0.1, 0.15) is 60.9 Å². The molecule has 0 bridgehead atoms. The molecule has 4 aromatic rings. The maximum Gasteiger partial charge on any atom is 0.336 e. The number of fused-ring (bicyclic) bond motifs is 1. The summed E-state index contributed by atoms with van der Waals surface area (Å²) in [5, 5.41) is 3.37. The molecule has 1 saturated heterocycles. The van der Waals surface area contributed by atoms with Crippen LogP contribution >= 0.6 is 0 Å². The van der Waals surface area contributed by atoms with E-state index in [1.165, 1.54) is 5.56 Å². The number of hydrogen-bond acceptors (Lipinski definition) is 8. The van der Waals surface area contributed by atoms with E-state index in [0.29, 0.717) is 29.3 Å². The number of pyridine rings is 1. The molecular weight excluding hydrogens is 578 g/mol. The molecule has 4 heterocycles. The standard InChI is InChI=1S/C36H43N7O3/c1-22(2)32-28-21-38-35(39-29-13-11-26(19-30(29)46-7)25-15-17-41(5)18-16-25)40-34(28)42(31-14-12-27(45-6)20-37-31)36(44)43(32)33-23(3)9-8-10-24(33)4/h8-14,19-22,25,32H,15-18H2,1-7H3,(H,38,39,40). The molecule has 2 aliphatic rings. The van der Waals surface area contributed by atoms with Crippen LogP contribution in [0.3, 0.4) is 0 Å². The van der Waals surface area contributed by atoms with Gasteiger partial charge >= 0.3 is 6.03 Å². The van der Waals surface area contributed by atoms with Gasteiger partial charge in [-0.2, -0.15) is 4.98 Å². The quantitative estimate of drug-likeness (QED) is 0.216. The number of amides is 2. The van der Waals surface area contributed by atoms with Crippen LogP contribution in [0, 0.1) is 19.8 Å². The van der Waals surface area contributed by atoms with Gasteiger partial charge in [-0.05, 0) is 99.6 Å².